The normalized spacial score (nSPS) is 22.9. The quantitative estimate of drug-likeness (QED) is 0.161. The fourth-order valence-corrected chi connectivity index (χ4v) is 6.80. The fraction of sp³-hybridized carbons (Fsp3) is 0.487. The van der Waals surface area contributed by atoms with Crippen LogP contribution in [0.15, 0.2) is 78.3 Å². The maximum atomic E-state index is 11.3. The van der Waals surface area contributed by atoms with Gasteiger partial charge in [0, 0.05) is 37.2 Å². The van der Waals surface area contributed by atoms with Gasteiger partial charge in [0.1, 0.15) is 23.7 Å². The van der Waals surface area contributed by atoms with E-state index in [-0.39, 0.29) is 42.1 Å². The van der Waals surface area contributed by atoms with E-state index in [1.165, 1.54) is 19.8 Å². The molecule has 3 aliphatic rings. The number of hydrogen-bond donors (Lipinski definition) is 2. The van der Waals surface area contributed by atoms with Crippen molar-refractivity contribution < 1.29 is 38.7 Å². The van der Waals surface area contributed by atoms with Crippen molar-refractivity contribution in [3.63, 3.8) is 0 Å². The number of carbonyl (C=O) groups excluding carboxylic acids is 2. The van der Waals surface area contributed by atoms with E-state index in [4.69, 9.17) is 9.47 Å². The van der Waals surface area contributed by atoms with Gasteiger partial charge in [-0.15, -0.1) is 13.2 Å². The predicted octanol–water partition coefficient (Wildman–Crippen LogP) is 7.58. The largest absolute Gasteiger partial charge is 0.489 e. The lowest BCUT2D eigenvalue weighted by atomic mass is 9.85. The molecule has 2 N–H and O–H groups in total. The highest BCUT2D eigenvalue weighted by atomic mass is 79.9. The Labute approximate surface area is 294 Å². The van der Waals surface area contributed by atoms with Crippen LogP contribution in [0.2, 0.25) is 0 Å². The summed E-state index contributed by atoms with van der Waals surface area (Å²) >= 11 is 3.50. The summed E-state index contributed by atoms with van der Waals surface area (Å²) in [7, 11) is 2.81. The highest BCUT2D eigenvalue weighted by Gasteiger charge is 2.49. The minimum absolute atomic E-state index is 0.0618. The Bertz CT molecular complexity index is 1390. The van der Waals surface area contributed by atoms with Gasteiger partial charge in [-0.1, -0.05) is 55.5 Å². The second kappa shape index (κ2) is 20.2. The Kier molecular flexibility index (Phi) is 16.4. The van der Waals surface area contributed by atoms with E-state index in [0.29, 0.717) is 32.1 Å². The summed E-state index contributed by atoms with van der Waals surface area (Å²) in [5.74, 6) is 1.81. The number of aliphatic hydroxyl groups is 2. The third-order valence-corrected chi connectivity index (χ3v) is 9.39. The van der Waals surface area contributed by atoms with Crippen LogP contribution < -0.4 is 9.47 Å². The first-order chi connectivity index (χ1) is 23.2. The van der Waals surface area contributed by atoms with Crippen LogP contribution in [-0.4, -0.2) is 60.8 Å². The second-order valence-corrected chi connectivity index (χ2v) is 13.0. The van der Waals surface area contributed by atoms with Crippen molar-refractivity contribution in [2.24, 2.45) is 5.92 Å². The van der Waals surface area contributed by atoms with Crippen LogP contribution in [0.3, 0.4) is 0 Å². The molecule has 5 rings (SSSR count). The molecule has 0 spiro atoms. The van der Waals surface area contributed by atoms with Gasteiger partial charge < -0.3 is 29.2 Å². The SMILES string of the molecule is C=CCC.C=CCC1C(O)CC2Oc3c(CCCC(=O)OC)cccc3C21.COC(=O)CCCc1cccc(Br)c1OC1C=CC(O)C1. The number of para-hydroxylation sites is 2. The fourth-order valence-electron chi connectivity index (χ4n) is 6.30. The second-order valence-electron chi connectivity index (χ2n) is 12.1. The lowest BCUT2D eigenvalue weighted by molar-refractivity contribution is -0.141. The highest BCUT2D eigenvalue weighted by molar-refractivity contribution is 9.10. The minimum atomic E-state index is -0.430. The van der Waals surface area contributed by atoms with Crippen molar-refractivity contribution >= 4 is 27.9 Å². The molecule has 0 radical (unpaired) electrons. The molecule has 1 saturated carbocycles. The number of halogens is 1. The minimum Gasteiger partial charge on any atom is -0.489 e. The van der Waals surface area contributed by atoms with E-state index in [1.54, 1.807) is 6.08 Å². The summed E-state index contributed by atoms with van der Waals surface area (Å²) < 4.78 is 22.4. The molecule has 1 fully saturated rings. The summed E-state index contributed by atoms with van der Waals surface area (Å²) in [5, 5.41) is 19.8. The number of benzene rings is 2. The molecule has 48 heavy (non-hydrogen) atoms. The molecular weight excluding hydrogens is 676 g/mol. The van der Waals surface area contributed by atoms with Crippen molar-refractivity contribution in [3.05, 3.63) is 95.0 Å². The van der Waals surface area contributed by atoms with Crippen molar-refractivity contribution in [3.8, 4) is 11.5 Å². The first-order valence-electron chi connectivity index (χ1n) is 16.8. The maximum absolute atomic E-state index is 11.3. The number of allylic oxidation sites excluding steroid dienone is 2. The van der Waals surface area contributed by atoms with Gasteiger partial charge in [0.2, 0.25) is 0 Å². The van der Waals surface area contributed by atoms with E-state index in [1.807, 2.05) is 42.5 Å². The van der Waals surface area contributed by atoms with E-state index in [9.17, 15) is 19.8 Å². The van der Waals surface area contributed by atoms with Crippen molar-refractivity contribution in [2.45, 2.75) is 101 Å². The number of carbonyl (C=O) groups is 2. The van der Waals surface area contributed by atoms with Gasteiger partial charge in [0.15, 0.2) is 0 Å². The third kappa shape index (κ3) is 11.1. The van der Waals surface area contributed by atoms with Gasteiger partial charge in [-0.25, -0.2) is 0 Å². The average molecular weight is 728 g/mol. The number of fused-ring (bicyclic) bond motifs is 3. The van der Waals surface area contributed by atoms with E-state index >= 15 is 0 Å². The average Bonchev–Trinajstić information content (AvgIpc) is 3.76. The molecule has 0 aromatic heterocycles. The van der Waals surface area contributed by atoms with Gasteiger partial charge >= 0.3 is 11.9 Å². The van der Waals surface area contributed by atoms with Crippen LogP contribution in [0.1, 0.15) is 80.9 Å². The van der Waals surface area contributed by atoms with E-state index in [0.717, 1.165) is 59.2 Å². The molecule has 0 amide bonds. The number of ether oxygens (including phenoxy) is 4. The number of aliphatic hydroxyl groups excluding tert-OH is 2. The smallest absolute Gasteiger partial charge is 0.305 e. The summed E-state index contributed by atoms with van der Waals surface area (Å²) in [6, 6.07) is 12.1. The summed E-state index contributed by atoms with van der Waals surface area (Å²) in [5.41, 5.74) is 3.39. The molecule has 8 nitrogen and oxygen atoms in total. The Morgan fingerprint density at radius 1 is 0.938 bits per heavy atom. The standard InChI is InChI=1S/C19H24O4.C16H19BrO4.C4H8/c1-3-6-13-15(20)11-16-18(13)14-9-4-7-12(19(14)23-16)8-5-10-17(21)22-2;1-20-15(19)7-3-5-11-4-2-6-14(17)16(11)21-13-9-8-12(18)10-13;1-3-4-2/h3-4,7,9,13,15-16,18,20H,1,5-6,8,10-11H2,2H3;2,4,6,8-9,12-13,18H,3,5,7,10H2,1H3;3H,1,4H2,2H3. The van der Waals surface area contributed by atoms with Gasteiger partial charge in [-0.2, -0.15) is 0 Å². The number of hydrogen-bond acceptors (Lipinski definition) is 8. The molecule has 262 valence electrons. The highest BCUT2D eigenvalue weighted by Crippen LogP contribution is 2.52. The Hall–Kier alpha value is -3.40. The number of rotatable bonds is 13. The van der Waals surface area contributed by atoms with Gasteiger partial charge in [0.05, 0.1) is 30.9 Å². The molecule has 6 unspecified atom stereocenters. The predicted molar refractivity (Wildman–Crippen MR) is 191 cm³/mol. The molecular formula is C39H51BrO8. The molecule has 2 aliphatic carbocycles. The zero-order chi connectivity index (χ0) is 35.1. The van der Waals surface area contributed by atoms with Crippen molar-refractivity contribution in [2.75, 3.05) is 14.2 Å². The van der Waals surface area contributed by atoms with Crippen LogP contribution in [0, 0.1) is 5.92 Å². The van der Waals surface area contributed by atoms with Crippen LogP contribution >= 0.6 is 15.9 Å². The van der Waals surface area contributed by atoms with Crippen LogP contribution in [0.25, 0.3) is 0 Å². The van der Waals surface area contributed by atoms with Gasteiger partial charge in [0.25, 0.3) is 0 Å². The summed E-state index contributed by atoms with van der Waals surface area (Å²) in [6.45, 7) is 9.36. The van der Waals surface area contributed by atoms with Gasteiger partial charge in [-0.3, -0.25) is 9.59 Å². The van der Waals surface area contributed by atoms with E-state index < -0.39 is 6.10 Å². The Morgan fingerprint density at radius 2 is 1.56 bits per heavy atom. The molecule has 6 atom stereocenters. The van der Waals surface area contributed by atoms with Crippen molar-refractivity contribution in [1.82, 2.24) is 0 Å². The monoisotopic (exact) mass is 726 g/mol. The molecule has 0 bridgehead atoms. The topological polar surface area (TPSA) is 112 Å². The molecule has 0 saturated heterocycles. The number of esters is 2. The third-order valence-electron chi connectivity index (χ3n) is 8.76. The lowest BCUT2D eigenvalue weighted by Crippen LogP contribution is -2.17. The lowest BCUT2D eigenvalue weighted by Gasteiger charge is -2.19. The first-order valence-corrected chi connectivity index (χ1v) is 17.6. The Balaban J connectivity index is 0.000000235. The molecule has 1 heterocycles. The zero-order valence-corrected chi connectivity index (χ0v) is 30.0. The number of aryl methyl sites for hydroxylation is 2. The van der Waals surface area contributed by atoms with Crippen molar-refractivity contribution in [1.29, 1.82) is 0 Å². The first kappa shape index (κ1) is 39.0. The maximum Gasteiger partial charge on any atom is 0.305 e. The zero-order valence-electron chi connectivity index (χ0n) is 28.4. The molecule has 9 heteroatoms. The van der Waals surface area contributed by atoms with Crippen LogP contribution in [0.4, 0.5) is 0 Å². The van der Waals surface area contributed by atoms with E-state index in [2.05, 4.69) is 57.6 Å². The molecule has 1 aliphatic heterocycles. The molecule has 2 aromatic rings. The summed E-state index contributed by atoms with van der Waals surface area (Å²) in [4.78, 5) is 22.4. The Morgan fingerprint density at radius 3 is 2.15 bits per heavy atom. The number of methoxy groups -OCH3 is 2. The van der Waals surface area contributed by atoms with Crippen LogP contribution in [-0.2, 0) is 31.9 Å². The summed E-state index contributed by atoms with van der Waals surface area (Å²) in [6.07, 6.45) is 13.5. The molecule has 2 aromatic carbocycles. The van der Waals surface area contributed by atoms with Gasteiger partial charge in [-0.05, 0) is 83.6 Å². The van der Waals surface area contributed by atoms with Crippen LogP contribution in [0.5, 0.6) is 11.5 Å².